The summed E-state index contributed by atoms with van der Waals surface area (Å²) in [4.78, 5) is 27.8. The second-order valence-electron chi connectivity index (χ2n) is 15.2. The molecule has 2 fully saturated rings. The summed E-state index contributed by atoms with van der Waals surface area (Å²) in [6, 6.07) is 29.3. The molecule has 2 amide bonds. The SMILES string of the molecule is CC(=O)N[C@@H]1[C@@H](OCc2ccccc2)[C@H](OCc2ccccc2)[C@@H](COCc2ccccc2)O[C@H]1CCC[C@H]1COC(C)(C)N1C(=O)OC(C)(C)C. The van der Waals surface area contributed by atoms with Crippen molar-refractivity contribution in [2.75, 3.05) is 13.2 Å². The van der Waals surface area contributed by atoms with Gasteiger partial charge >= 0.3 is 6.09 Å². The second kappa shape index (κ2) is 18.3. The third-order valence-corrected chi connectivity index (χ3v) is 9.32. The van der Waals surface area contributed by atoms with Gasteiger partial charge < -0.3 is 33.7 Å². The van der Waals surface area contributed by atoms with Gasteiger partial charge in [-0.25, -0.2) is 4.79 Å². The molecular formula is C42H56N2O8. The van der Waals surface area contributed by atoms with Crippen LogP contribution in [0.2, 0.25) is 0 Å². The van der Waals surface area contributed by atoms with E-state index in [1.54, 1.807) is 4.90 Å². The zero-order valence-corrected chi connectivity index (χ0v) is 31.5. The van der Waals surface area contributed by atoms with E-state index in [4.69, 9.17) is 28.4 Å². The average Bonchev–Trinajstić information content (AvgIpc) is 3.41. The molecule has 10 heteroatoms. The van der Waals surface area contributed by atoms with Crippen molar-refractivity contribution in [1.29, 1.82) is 0 Å². The Labute approximate surface area is 309 Å². The highest BCUT2D eigenvalue weighted by Gasteiger charge is 2.49. The van der Waals surface area contributed by atoms with Crippen LogP contribution in [0.3, 0.4) is 0 Å². The minimum Gasteiger partial charge on any atom is -0.444 e. The predicted octanol–water partition coefficient (Wildman–Crippen LogP) is 7.19. The number of ether oxygens (including phenoxy) is 6. The fraction of sp³-hybridized carbons (Fsp3) is 0.524. The number of rotatable bonds is 15. The van der Waals surface area contributed by atoms with E-state index < -0.39 is 47.9 Å². The van der Waals surface area contributed by atoms with Crippen LogP contribution < -0.4 is 5.32 Å². The van der Waals surface area contributed by atoms with Gasteiger partial charge in [0, 0.05) is 6.92 Å². The number of nitrogens with zero attached hydrogens (tertiary/aromatic N) is 1. The third kappa shape index (κ3) is 11.3. The Morgan fingerprint density at radius 3 is 1.87 bits per heavy atom. The molecule has 2 saturated heterocycles. The highest BCUT2D eigenvalue weighted by atomic mass is 16.6. The Kier molecular flexibility index (Phi) is 13.9. The molecule has 0 aromatic heterocycles. The summed E-state index contributed by atoms with van der Waals surface area (Å²) >= 11 is 0. The van der Waals surface area contributed by atoms with E-state index in [-0.39, 0.29) is 18.6 Å². The lowest BCUT2D eigenvalue weighted by Gasteiger charge is -2.47. The summed E-state index contributed by atoms with van der Waals surface area (Å²) in [5.74, 6) is -0.186. The summed E-state index contributed by atoms with van der Waals surface area (Å²) in [7, 11) is 0. The van der Waals surface area contributed by atoms with Gasteiger partial charge in [-0.1, -0.05) is 91.0 Å². The quantitative estimate of drug-likeness (QED) is 0.176. The van der Waals surface area contributed by atoms with Crippen LogP contribution in [0.15, 0.2) is 91.0 Å². The minimum atomic E-state index is -0.798. The first-order chi connectivity index (χ1) is 24.9. The molecule has 0 saturated carbocycles. The Balaban J connectivity index is 1.38. The lowest BCUT2D eigenvalue weighted by atomic mass is 9.89. The van der Waals surface area contributed by atoms with E-state index >= 15 is 0 Å². The highest BCUT2D eigenvalue weighted by Crippen LogP contribution is 2.34. The number of benzene rings is 3. The molecule has 282 valence electrons. The van der Waals surface area contributed by atoms with Crippen LogP contribution in [0.25, 0.3) is 0 Å². The number of carbonyl (C=O) groups is 2. The van der Waals surface area contributed by atoms with Crippen LogP contribution in [-0.4, -0.2) is 77.9 Å². The van der Waals surface area contributed by atoms with Crippen molar-refractivity contribution in [3.8, 4) is 0 Å². The normalized spacial score (nSPS) is 24.4. The monoisotopic (exact) mass is 716 g/mol. The van der Waals surface area contributed by atoms with Gasteiger partial charge in [0.05, 0.1) is 51.2 Å². The largest absolute Gasteiger partial charge is 0.444 e. The van der Waals surface area contributed by atoms with Crippen LogP contribution in [0.4, 0.5) is 4.79 Å². The zero-order valence-electron chi connectivity index (χ0n) is 31.5. The molecule has 0 unspecified atom stereocenters. The molecule has 52 heavy (non-hydrogen) atoms. The second-order valence-corrected chi connectivity index (χ2v) is 15.2. The van der Waals surface area contributed by atoms with Crippen molar-refractivity contribution in [2.24, 2.45) is 0 Å². The topological polar surface area (TPSA) is 105 Å². The van der Waals surface area contributed by atoms with E-state index in [0.29, 0.717) is 45.7 Å². The lowest BCUT2D eigenvalue weighted by Crippen LogP contribution is -2.65. The smallest absolute Gasteiger partial charge is 0.412 e. The zero-order chi connectivity index (χ0) is 37.1. The lowest BCUT2D eigenvalue weighted by molar-refractivity contribution is -0.233. The number of nitrogens with one attached hydrogen (secondary N) is 1. The van der Waals surface area contributed by atoms with E-state index in [1.807, 2.05) is 126 Å². The molecule has 0 radical (unpaired) electrons. The molecule has 10 nitrogen and oxygen atoms in total. The number of carbonyl (C=O) groups excluding carboxylic acids is 2. The highest BCUT2D eigenvalue weighted by molar-refractivity contribution is 5.73. The van der Waals surface area contributed by atoms with Gasteiger partial charge in [-0.15, -0.1) is 0 Å². The summed E-state index contributed by atoms with van der Waals surface area (Å²) < 4.78 is 38.4. The first-order valence-electron chi connectivity index (χ1n) is 18.4. The standard InChI is InChI=1S/C42H56N2O8/c1-30(45)43-37-35(24-16-23-34-28-50-42(5,6)44(34)40(46)52-41(2,3)4)51-36(29-47-25-31-17-10-7-11-18-31)38(48-26-32-19-12-8-13-20-32)39(37)49-27-33-21-14-9-15-22-33/h7-15,17-22,34-39H,16,23-29H2,1-6H3,(H,43,45)/t34-,35-,36+,37-,38+,39+/m0/s1. The summed E-state index contributed by atoms with van der Waals surface area (Å²) in [6.07, 6.45) is -0.462. The Hall–Kier alpha value is -3.80. The van der Waals surface area contributed by atoms with Crippen molar-refractivity contribution in [3.63, 3.8) is 0 Å². The maximum Gasteiger partial charge on any atom is 0.412 e. The first-order valence-corrected chi connectivity index (χ1v) is 18.4. The first kappa shape index (κ1) is 39.4. The molecule has 1 N–H and O–H groups in total. The average molecular weight is 717 g/mol. The van der Waals surface area contributed by atoms with Crippen molar-refractivity contribution in [2.45, 2.75) is 128 Å². The molecule has 2 aliphatic rings. The van der Waals surface area contributed by atoms with Crippen LogP contribution in [-0.2, 0) is 53.0 Å². The predicted molar refractivity (Wildman–Crippen MR) is 198 cm³/mol. The van der Waals surface area contributed by atoms with Gasteiger partial charge in [0.15, 0.2) is 0 Å². The van der Waals surface area contributed by atoms with Gasteiger partial charge in [0.25, 0.3) is 0 Å². The molecule has 3 aromatic rings. The van der Waals surface area contributed by atoms with Gasteiger partial charge in [-0.05, 0) is 70.6 Å². The van der Waals surface area contributed by atoms with Gasteiger partial charge in [-0.3, -0.25) is 9.69 Å². The summed E-state index contributed by atoms with van der Waals surface area (Å²) in [5, 5.41) is 3.17. The van der Waals surface area contributed by atoms with Gasteiger partial charge in [-0.2, -0.15) is 0 Å². The van der Waals surface area contributed by atoms with Crippen molar-refractivity contribution in [3.05, 3.63) is 108 Å². The van der Waals surface area contributed by atoms with Crippen molar-refractivity contribution < 1.29 is 38.0 Å². The molecule has 5 rings (SSSR count). The molecular weight excluding hydrogens is 660 g/mol. The van der Waals surface area contributed by atoms with Crippen molar-refractivity contribution in [1.82, 2.24) is 10.2 Å². The Bertz CT molecular complexity index is 1530. The van der Waals surface area contributed by atoms with Gasteiger partial charge in [0.2, 0.25) is 5.91 Å². The van der Waals surface area contributed by atoms with Crippen LogP contribution in [0.1, 0.15) is 77.5 Å². The van der Waals surface area contributed by atoms with E-state index in [1.165, 1.54) is 6.92 Å². The Morgan fingerprint density at radius 2 is 1.33 bits per heavy atom. The summed E-state index contributed by atoms with van der Waals surface area (Å²) in [5.41, 5.74) is 1.65. The number of hydrogen-bond acceptors (Lipinski definition) is 8. The van der Waals surface area contributed by atoms with Gasteiger partial charge in [0.1, 0.15) is 29.6 Å². The van der Waals surface area contributed by atoms with E-state index in [0.717, 1.165) is 16.7 Å². The van der Waals surface area contributed by atoms with Crippen LogP contribution in [0, 0.1) is 0 Å². The maximum atomic E-state index is 13.3. The fourth-order valence-electron chi connectivity index (χ4n) is 6.94. The van der Waals surface area contributed by atoms with Crippen LogP contribution >= 0.6 is 0 Å². The molecule has 6 atom stereocenters. The molecule has 2 heterocycles. The summed E-state index contributed by atoms with van der Waals surface area (Å²) in [6.45, 7) is 12.6. The molecule has 0 aliphatic carbocycles. The van der Waals surface area contributed by atoms with E-state index in [9.17, 15) is 9.59 Å². The number of amides is 2. The number of hydrogen-bond donors (Lipinski definition) is 1. The molecule has 2 aliphatic heterocycles. The molecule has 3 aromatic carbocycles. The Morgan fingerprint density at radius 1 is 0.788 bits per heavy atom. The maximum absolute atomic E-state index is 13.3. The third-order valence-electron chi connectivity index (χ3n) is 9.32. The van der Waals surface area contributed by atoms with Crippen molar-refractivity contribution >= 4 is 12.0 Å². The molecule has 0 bridgehead atoms. The van der Waals surface area contributed by atoms with E-state index in [2.05, 4.69) is 5.32 Å². The minimum absolute atomic E-state index is 0.176. The molecule has 0 spiro atoms. The van der Waals surface area contributed by atoms with Crippen LogP contribution in [0.5, 0.6) is 0 Å². The fourth-order valence-corrected chi connectivity index (χ4v) is 6.94.